The molecule has 1 saturated heterocycles. The van der Waals surface area contributed by atoms with Gasteiger partial charge in [0.1, 0.15) is 16.4 Å². The Kier molecular flexibility index (Phi) is 8.21. The summed E-state index contributed by atoms with van der Waals surface area (Å²) in [5, 5.41) is 12.1. The van der Waals surface area contributed by atoms with Crippen LogP contribution in [0.25, 0.3) is 0 Å². The molecule has 0 atom stereocenters. The number of urea groups is 1. The molecular formula is C18H28N3O6S+. The van der Waals surface area contributed by atoms with Crippen molar-refractivity contribution in [2.75, 3.05) is 57.9 Å². The molecule has 0 aliphatic carbocycles. The van der Waals surface area contributed by atoms with Gasteiger partial charge in [0.2, 0.25) is 0 Å². The lowest BCUT2D eigenvalue weighted by molar-refractivity contribution is -0.904. The number of aliphatic hydroxyl groups is 1. The van der Waals surface area contributed by atoms with Gasteiger partial charge in [-0.15, -0.1) is 11.3 Å². The fraction of sp³-hybridized carbons (Fsp3) is 0.611. The number of rotatable bonds is 7. The van der Waals surface area contributed by atoms with E-state index in [9.17, 15) is 14.4 Å². The van der Waals surface area contributed by atoms with Crippen LogP contribution in [-0.2, 0) is 9.47 Å². The highest BCUT2D eigenvalue weighted by Gasteiger charge is 2.29. The van der Waals surface area contributed by atoms with Crippen molar-refractivity contribution < 1.29 is 33.9 Å². The van der Waals surface area contributed by atoms with E-state index in [1.807, 2.05) is 0 Å². The van der Waals surface area contributed by atoms with Crippen LogP contribution in [0.2, 0.25) is 0 Å². The minimum absolute atomic E-state index is 0.121. The summed E-state index contributed by atoms with van der Waals surface area (Å²) in [7, 11) is 0. The lowest BCUT2D eigenvalue weighted by Gasteiger charge is -2.31. The molecular weight excluding hydrogens is 386 g/mol. The molecule has 0 saturated carbocycles. The third kappa shape index (κ3) is 5.21. The lowest BCUT2D eigenvalue weighted by Crippen LogP contribution is -3.15. The van der Waals surface area contributed by atoms with Gasteiger partial charge >= 0.3 is 18.0 Å². The Morgan fingerprint density at radius 3 is 2.32 bits per heavy atom. The maximum Gasteiger partial charge on any atom is 0.348 e. The van der Waals surface area contributed by atoms with Gasteiger partial charge in [-0.1, -0.05) is 0 Å². The molecule has 1 fully saturated rings. The van der Waals surface area contributed by atoms with Crippen molar-refractivity contribution >= 4 is 34.3 Å². The molecule has 9 nitrogen and oxygen atoms in total. The van der Waals surface area contributed by atoms with Crippen molar-refractivity contribution in [2.24, 2.45) is 0 Å². The van der Waals surface area contributed by atoms with Crippen molar-refractivity contribution in [1.29, 1.82) is 0 Å². The summed E-state index contributed by atoms with van der Waals surface area (Å²) in [4.78, 5) is 40.4. The fourth-order valence-corrected chi connectivity index (χ4v) is 4.13. The number of nitrogens with zero attached hydrogens (tertiary/aromatic N) is 1. The van der Waals surface area contributed by atoms with Crippen LogP contribution < -0.4 is 10.2 Å². The SMILES string of the molecule is CCOC(=O)c1sc(NC(=O)N2CC[NH+](CCO)CC2)c(C(=O)OCC)c1C. The summed E-state index contributed by atoms with van der Waals surface area (Å²) in [6, 6.07) is -0.328. The van der Waals surface area contributed by atoms with Gasteiger partial charge in [-0.05, 0) is 26.3 Å². The second-order valence-corrected chi connectivity index (χ2v) is 7.36. The predicted octanol–water partition coefficient (Wildman–Crippen LogP) is 0.135. The van der Waals surface area contributed by atoms with Gasteiger partial charge < -0.3 is 24.4 Å². The summed E-state index contributed by atoms with van der Waals surface area (Å²) in [5.41, 5.74) is 0.627. The van der Waals surface area contributed by atoms with E-state index < -0.39 is 11.9 Å². The van der Waals surface area contributed by atoms with Crippen LogP contribution in [0.4, 0.5) is 9.80 Å². The van der Waals surface area contributed by atoms with E-state index in [4.69, 9.17) is 14.6 Å². The first-order valence-corrected chi connectivity index (χ1v) is 10.2. The van der Waals surface area contributed by atoms with Crippen molar-refractivity contribution in [1.82, 2.24) is 4.90 Å². The van der Waals surface area contributed by atoms with Gasteiger partial charge in [0.05, 0.1) is 51.6 Å². The Morgan fingerprint density at radius 2 is 1.75 bits per heavy atom. The van der Waals surface area contributed by atoms with Crippen LogP contribution >= 0.6 is 11.3 Å². The Labute approximate surface area is 168 Å². The van der Waals surface area contributed by atoms with Crippen LogP contribution in [0.15, 0.2) is 0 Å². The molecule has 0 radical (unpaired) electrons. The first kappa shape index (κ1) is 22.1. The van der Waals surface area contributed by atoms with E-state index in [2.05, 4.69) is 5.32 Å². The molecule has 0 spiro atoms. The summed E-state index contributed by atoms with van der Waals surface area (Å²) in [6.45, 7) is 8.81. The highest BCUT2D eigenvalue weighted by molar-refractivity contribution is 7.18. The summed E-state index contributed by atoms with van der Waals surface area (Å²) >= 11 is 1.02. The van der Waals surface area contributed by atoms with E-state index in [1.54, 1.807) is 25.7 Å². The molecule has 0 unspecified atom stereocenters. The third-order valence-electron chi connectivity index (χ3n) is 4.53. The maximum absolute atomic E-state index is 12.7. The van der Waals surface area contributed by atoms with Gasteiger partial charge in [-0.25, -0.2) is 14.4 Å². The van der Waals surface area contributed by atoms with Gasteiger partial charge in [0, 0.05) is 0 Å². The summed E-state index contributed by atoms with van der Waals surface area (Å²) in [6.07, 6.45) is 0. The molecule has 156 valence electrons. The molecule has 0 bridgehead atoms. The first-order valence-electron chi connectivity index (χ1n) is 9.40. The monoisotopic (exact) mass is 414 g/mol. The van der Waals surface area contributed by atoms with Gasteiger partial charge in [-0.2, -0.15) is 0 Å². The number of nitrogens with one attached hydrogen (secondary N) is 2. The quantitative estimate of drug-likeness (QED) is 0.548. The molecule has 0 aromatic carbocycles. The van der Waals surface area contributed by atoms with Gasteiger partial charge in [0.25, 0.3) is 0 Å². The topological polar surface area (TPSA) is 110 Å². The molecule has 2 rings (SSSR count). The number of hydrogen-bond donors (Lipinski definition) is 3. The normalized spacial score (nSPS) is 14.6. The standard InChI is InChI=1S/C18H27N3O6S/c1-4-26-16(23)13-12(3)14(17(24)27-5-2)28-15(13)19-18(25)21-8-6-20(7-9-21)10-11-22/h22H,4-11H2,1-3H3,(H,19,25)/p+1. The smallest absolute Gasteiger partial charge is 0.348 e. The van der Waals surface area contributed by atoms with Crippen molar-refractivity contribution in [3.05, 3.63) is 16.0 Å². The Bertz CT molecular complexity index is 712. The number of amides is 2. The number of carbonyl (C=O) groups is 3. The zero-order chi connectivity index (χ0) is 20.7. The van der Waals surface area contributed by atoms with E-state index in [0.29, 0.717) is 25.2 Å². The molecule has 1 aromatic rings. The first-order chi connectivity index (χ1) is 13.4. The van der Waals surface area contributed by atoms with Crippen LogP contribution in [-0.4, -0.2) is 80.5 Å². The van der Waals surface area contributed by atoms with Crippen LogP contribution in [0, 0.1) is 6.92 Å². The molecule has 1 aliphatic heterocycles. The number of anilines is 1. The third-order valence-corrected chi connectivity index (χ3v) is 5.72. The zero-order valence-corrected chi connectivity index (χ0v) is 17.3. The molecule has 1 aromatic heterocycles. The van der Waals surface area contributed by atoms with E-state index >= 15 is 0 Å². The molecule has 2 amide bonds. The number of carbonyl (C=O) groups excluding carboxylic acids is 3. The van der Waals surface area contributed by atoms with Gasteiger partial charge in [0.15, 0.2) is 0 Å². The summed E-state index contributed by atoms with van der Waals surface area (Å²) < 4.78 is 10.1. The van der Waals surface area contributed by atoms with Crippen LogP contribution in [0.1, 0.15) is 39.4 Å². The lowest BCUT2D eigenvalue weighted by atomic mass is 10.1. The van der Waals surface area contributed by atoms with Crippen molar-refractivity contribution in [3.8, 4) is 0 Å². The van der Waals surface area contributed by atoms with Gasteiger partial charge in [-0.3, -0.25) is 5.32 Å². The Balaban J connectivity index is 2.19. The number of aliphatic hydroxyl groups excluding tert-OH is 1. The predicted molar refractivity (Wildman–Crippen MR) is 104 cm³/mol. The second kappa shape index (κ2) is 10.4. The number of thiophene rings is 1. The molecule has 28 heavy (non-hydrogen) atoms. The Morgan fingerprint density at radius 1 is 1.14 bits per heavy atom. The molecule has 1 aliphatic rings. The average molecular weight is 415 g/mol. The highest BCUT2D eigenvalue weighted by Crippen LogP contribution is 2.34. The van der Waals surface area contributed by atoms with E-state index in [-0.39, 0.29) is 41.3 Å². The van der Waals surface area contributed by atoms with Crippen LogP contribution in [0.3, 0.4) is 0 Å². The fourth-order valence-electron chi connectivity index (χ4n) is 3.05. The van der Waals surface area contributed by atoms with Crippen LogP contribution in [0.5, 0.6) is 0 Å². The van der Waals surface area contributed by atoms with Crippen molar-refractivity contribution in [3.63, 3.8) is 0 Å². The highest BCUT2D eigenvalue weighted by atomic mass is 32.1. The number of quaternary nitrogens is 1. The number of ether oxygens (including phenoxy) is 2. The average Bonchev–Trinajstić information content (AvgIpc) is 2.99. The minimum Gasteiger partial charge on any atom is -0.462 e. The molecule has 3 N–H and O–H groups in total. The van der Waals surface area contributed by atoms with E-state index in [1.165, 1.54) is 4.90 Å². The number of esters is 2. The summed E-state index contributed by atoms with van der Waals surface area (Å²) in [5.74, 6) is -1.11. The second-order valence-electron chi connectivity index (χ2n) is 6.34. The zero-order valence-electron chi connectivity index (χ0n) is 16.5. The van der Waals surface area contributed by atoms with Crippen molar-refractivity contribution in [2.45, 2.75) is 20.8 Å². The number of piperazine rings is 1. The maximum atomic E-state index is 12.7. The molecule has 10 heteroatoms. The minimum atomic E-state index is -0.584. The van der Waals surface area contributed by atoms with E-state index in [0.717, 1.165) is 24.4 Å². The number of hydrogen-bond acceptors (Lipinski definition) is 7. The Hall–Kier alpha value is -2.17. The molecule has 2 heterocycles. The largest absolute Gasteiger partial charge is 0.462 e.